The molecule has 0 N–H and O–H groups in total. The number of nitrogens with zero attached hydrogens (tertiary/aromatic N) is 4. The van der Waals surface area contributed by atoms with E-state index >= 15 is 0 Å². The summed E-state index contributed by atoms with van der Waals surface area (Å²) in [5.41, 5.74) is 1.04. The van der Waals surface area contributed by atoms with E-state index in [2.05, 4.69) is 9.89 Å². The van der Waals surface area contributed by atoms with Crippen LogP contribution in [0.3, 0.4) is 0 Å². The minimum absolute atomic E-state index is 0.137. The fourth-order valence-electron chi connectivity index (χ4n) is 4.53. The van der Waals surface area contributed by atoms with Crippen LogP contribution in [0.5, 0.6) is 0 Å². The van der Waals surface area contributed by atoms with Crippen LogP contribution in [-0.4, -0.2) is 89.9 Å². The maximum absolute atomic E-state index is 13.6. The first kappa shape index (κ1) is 34.3. The molecule has 1 fully saturated rings. The first-order chi connectivity index (χ1) is 20.7. The normalized spacial score (nSPS) is 15.1. The number of ether oxygens (including phenoxy) is 3. The molecule has 1 aliphatic heterocycles. The Hall–Kier alpha value is -4.18. The van der Waals surface area contributed by atoms with Gasteiger partial charge in [-0.05, 0) is 71.2 Å². The number of esters is 1. The quantitative estimate of drug-likeness (QED) is 0.165. The second-order valence-corrected chi connectivity index (χ2v) is 12.6. The highest BCUT2D eigenvalue weighted by atomic mass is 16.6. The molecule has 2 amide bonds. The van der Waals surface area contributed by atoms with Crippen LogP contribution in [0.2, 0.25) is 0 Å². The lowest BCUT2D eigenvalue weighted by molar-refractivity contribution is 0.0362. The van der Waals surface area contributed by atoms with Crippen molar-refractivity contribution in [3.05, 3.63) is 77.4 Å². The Morgan fingerprint density at radius 2 is 1.52 bits per heavy atom. The molecule has 1 aliphatic rings. The Morgan fingerprint density at radius 3 is 2.14 bits per heavy atom. The number of guanidine groups is 1. The molecule has 0 spiro atoms. The number of hydrogen-bond acceptors (Lipinski definition) is 7. The smallest absolute Gasteiger partial charge is 0.437 e. The zero-order valence-corrected chi connectivity index (χ0v) is 27.0. The summed E-state index contributed by atoms with van der Waals surface area (Å²) in [6.07, 6.45) is 3.16. The molecule has 2 aromatic rings. The molecule has 238 valence electrons. The molecule has 0 aliphatic carbocycles. The van der Waals surface area contributed by atoms with Gasteiger partial charge < -0.3 is 19.1 Å². The number of amides is 2. The molecule has 10 nitrogen and oxygen atoms in total. The molecule has 0 atom stereocenters. The van der Waals surface area contributed by atoms with E-state index in [-0.39, 0.29) is 18.5 Å². The maximum Gasteiger partial charge on any atom is 0.437 e. The van der Waals surface area contributed by atoms with Gasteiger partial charge in [0.1, 0.15) is 11.2 Å². The largest absolute Gasteiger partial charge is 0.465 e. The monoisotopic (exact) mass is 606 g/mol. The predicted molar refractivity (Wildman–Crippen MR) is 171 cm³/mol. The van der Waals surface area contributed by atoms with Gasteiger partial charge in [-0.15, -0.1) is 4.99 Å². The van der Waals surface area contributed by atoms with Crippen LogP contribution in [0, 0.1) is 0 Å². The van der Waals surface area contributed by atoms with E-state index in [0.717, 1.165) is 24.1 Å². The third kappa shape index (κ3) is 11.5. The molecule has 0 saturated carbocycles. The molecule has 0 unspecified atom stereocenters. The number of aliphatic imine (C=N–C) groups is 1. The van der Waals surface area contributed by atoms with Gasteiger partial charge in [-0.3, -0.25) is 4.90 Å². The van der Waals surface area contributed by atoms with Crippen molar-refractivity contribution in [2.24, 2.45) is 4.99 Å². The first-order valence-corrected chi connectivity index (χ1v) is 14.9. The molecule has 0 radical (unpaired) electrons. The average Bonchev–Trinajstić information content (AvgIpc) is 3.18. The summed E-state index contributed by atoms with van der Waals surface area (Å²) in [6, 6.07) is 17.1. The summed E-state index contributed by atoms with van der Waals surface area (Å²) in [4.78, 5) is 48.4. The predicted octanol–water partition coefficient (Wildman–Crippen LogP) is 6.22. The van der Waals surface area contributed by atoms with Crippen molar-refractivity contribution < 1.29 is 28.6 Å². The van der Waals surface area contributed by atoms with Gasteiger partial charge in [0.15, 0.2) is 0 Å². The molecular formula is C34H46N4O6. The summed E-state index contributed by atoms with van der Waals surface area (Å²) in [7, 11) is 1.36. The van der Waals surface area contributed by atoms with Crippen LogP contribution in [0.25, 0.3) is 6.08 Å². The number of carbonyl (C=O) groups is 3. The lowest BCUT2D eigenvalue weighted by Gasteiger charge is -2.33. The minimum atomic E-state index is -0.778. The second kappa shape index (κ2) is 15.5. The van der Waals surface area contributed by atoms with Gasteiger partial charge in [0.05, 0.1) is 19.2 Å². The Morgan fingerprint density at radius 1 is 0.864 bits per heavy atom. The lowest BCUT2D eigenvalue weighted by atomic mass is 10.1. The van der Waals surface area contributed by atoms with E-state index in [9.17, 15) is 14.4 Å². The molecule has 0 aromatic heterocycles. The Labute approximate surface area is 261 Å². The van der Waals surface area contributed by atoms with Crippen molar-refractivity contribution in [1.82, 2.24) is 14.7 Å². The molecular weight excluding hydrogens is 560 g/mol. The van der Waals surface area contributed by atoms with E-state index in [0.29, 0.717) is 31.7 Å². The third-order valence-electron chi connectivity index (χ3n) is 6.49. The van der Waals surface area contributed by atoms with Crippen molar-refractivity contribution in [3.8, 4) is 0 Å². The van der Waals surface area contributed by atoms with Gasteiger partial charge in [0.25, 0.3) is 0 Å². The van der Waals surface area contributed by atoms with Crippen molar-refractivity contribution in [1.29, 1.82) is 0 Å². The maximum atomic E-state index is 13.6. The molecule has 3 rings (SSSR count). The van der Waals surface area contributed by atoms with Gasteiger partial charge in [-0.2, -0.15) is 0 Å². The zero-order valence-electron chi connectivity index (χ0n) is 27.0. The second-order valence-electron chi connectivity index (χ2n) is 12.6. The molecule has 44 heavy (non-hydrogen) atoms. The van der Waals surface area contributed by atoms with E-state index in [1.165, 1.54) is 12.0 Å². The van der Waals surface area contributed by atoms with Crippen LogP contribution in [0.15, 0.2) is 65.7 Å². The fraction of sp³-hybridized carbons (Fsp3) is 0.471. The zero-order chi connectivity index (χ0) is 32.3. The van der Waals surface area contributed by atoms with Gasteiger partial charge in [0.2, 0.25) is 5.96 Å². The van der Waals surface area contributed by atoms with Crippen molar-refractivity contribution in [2.45, 2.75) is 65.7 Å². The minimum Gasteiger partial charge on any atom is -0.465 e. The number of benzene rings is 2. The molecule has 1 saturated heterocycles. The van der Waals surface area contributed by atoms with Crippen molar-refractivity contribution >= 4 is 30.2 Å². The Bertz CT molecular complexity index is 1310. The first-order valence-electron chi connectivity index (χ1n) is 14.9. The van der Waals surface area contributed by atoms with E-state index in [1.54, 1.807) is 53.7 Å². The number of hydrogen-bond donors (Lipinski definition) is 0. The summed E-state index contributed by atoms with van der Waals surface area (Å²) in [5, 5.41) is 0. The fourth-order valence-corrected chi connectivity index (χ4v) is 4.53. The SMILES string of the molecule is COC(=O)c1ccc(CN2CCCN(/C(=N\C(=O)OC(C)(C)C)N(C/C=C/c3ccccc3)C(=O)OC(C)(C)C)CC2)cc1. The van der Waals surface area contributed by atoms with Gasteiger partial charge in [0, 0.05) is 32.7 Å². The van der Waals surface area contributed by atoms with Crippen LogP contribution >= 0.6 is 0 Å². The van der Waals surface area contributed by atoms with Crippen LogP contribution in [-0.2, 0) is 20.8 Å². The Balaban J connectivity index is 1.87. The summed E-state index contributed by atoms with van der Waals surface area (Å²) >= 11 is 0. The topological polar surface area (TPSA) is 101 Å². The van der Waals surface area contributed by atoms with E-state index in [4.69, 9.17) is 14.2 Å². The summed E-state index contributed by atoms with van der Waals surface area (Å²) < 4.78 is 16.1. The average molecular weight is 607 g/mol. The van der Waals surface area contributed by atoms with Crippen molar-refractivity contribution in [3.63, 3.8) is 0 Å². The highest BCUT2D eigenvalue weighted by molar-refractivity contribution is 5.99. The van der Waals surface area contributed by atoms with Crippen LogP contribution in [0.4, 0.5) is 9.59 Å². The summed E-state index contributed by atoms with van der Waals surface area (Å²) in [5.74, 6) is -0.178. The Kier molecular flexibility index (Phi) is 12.1. The molecule has 1 heterocycles. The molecule has 2 aromatic carbocycles. The van der Waals surface area contributed by atoms with E-state index < -0.39 is 23.4 Å². The van der Waals surface area contributed by atoms with Crippen LogP contribution < -0.4 is 0 Å². The van der Waals surface area contributed by atoms with Gasteiger partial charge in [-0.1, -0.05) is 54.6 Å². The number of methoxy groups -OCH3 is 1. The van der Waals surface area contributed by atoms with Gasteiger partial charge in [-0.25, -0.2) is 19.3 Å². The standard InChI is InChI=1S/C34H46N4O6/c1-33(2,3)43-31(40)35-30(38(32(41)44-34(4,5)6)22-11-15-26-13-9-8-10-14-26)37-21-12-20-36(23-24-37)25-27-16-18-28(19-17-27)29(39)42-7/h8-11,13-19H,12,20-25H2,1-7H3/b15-11+,35-30+. The van der Waals surface area contributed by atoms with Gasteiger partial charge >= 0.3 is 18.2 Å². The van der Waals surface area contributed by atoms with E-state index in [1.807, 2.05) is 59.5 Å². The van der Waals surface area contributed by atoms with Crippen molar-refractivity contribution in [2.75, 3.05) is 39.8 Å². The highest BCUT2D eigenvalue weighted by Gasteiger charge is 2.31. The number of carbonyl (C=O) groups excluding carboxylic acids is 3. The number of rotatable bonds is 6. The summed E-state index contributed by atoms with van der Waals surface area (Å²) in [6.45, 7) is 14.1. The molecule has 0 bridgehead atoms. The van der Waals surface area contributed by atoms with Crippen LogP contribution in [0.1, 0.15) is 69.4 Å². The lowest BCUT2D eigenvalue weighted by Crippen LogP contribution is -2.50. The highest BCUT2D eigenvalue weighted by Crippen LogP contribution is 2.17. The third-order valence-corrected chi connectivity index (χ3v) is 6.49. The molecule has 10 heteroatoms.